The fourth-order valence-electron chi connectivity index (χ4n) is 6.13. The van der Waals surface area contributed by atoms with Gasteiger partial charge < -0.3 is 15.4 Å². The van der Waals surface area contributed by atoms with Crippen LogP contribution in [0.3, 0.4) is 0 Å². The molecule has 0 spiro atoms. The number of rotatable bonds is 24. The van der Waals surface area contributed by atoms with Gasteiger partial charge in [-0.25, -0.2) is 0 Å². The summed E-state index contributed by atoms with van der Waals surface area (Å²) in [6.45, 7) is 1.39. The van der Waals surface area contributed by atoms with Crippen LogP contribution in [0.1, 0.15) is 120 Å². The van der Waals surface area contributed by atoms with Crippen molar-refractivity contribution < 1.29 is 14.3 Å². The maximum absolute atomic E-state index is 12.8. The average molecular weight is 1160 g/mol. The first-order valence-corrected chi connectivity index (χ1v) is 23.3. The lowest BCUT2D eigenvalue weighted by Gasteiger charge is -2.31. The third kappa shape index (κ3) is 16.8. The van der Waals surface area contributed by atoms with E-state index in [4.69, 9.17) is 4.74 Å². The van der Waals surface area contributed by atoms with Gasteiger partial charge in [-0.1, -0.05) is 136 Å². The van der Waals surface area contributed by atoms with E-state index in [2.05, 4.69) is 162 Å². The number of aryl methyl sites for hydroxylation is 2. The molecule has 0 unspecified atom stereocenters. The van der Waals surface area contributed by atoms with Gasteiger partial charge >= 0.3 is 0 Å². The Morgan fingerprint density at radius 1 is 0.434 bits per heavy atom. The molecule has 53 heavy (non-hydrogen) atoms. The number of carbonyl (C=O) groups is 2. The standard InChI is InChI=1S/C44H52I4N2O3/c45-43(46,39-29-25-37(26-30-39)41(51)49-33-17-7-3-1-5-11-19-35-21-13-9-14-22-35)53-44(47,48)40-31-27-38(28-32-40)42(52)50-34-18-8-4-2-6-12-20-36-23-15-10-16-24-36/h9-10,13-16,21-32H,1-8,11-12,17-20,33-34H2,(H,49,51)(H,50,52). The first-order valence-electron chi connectivity index (χ1n) is 19.0. The summed E-state index contributed by atoms with van der Waals surface area (Å²) in [5.74, 6) is -0.0847. The van der Waals surface area contributed by atoms with Crippen LogP contribution < -0.4 is 10.6 Å². The fraction of sp³-hybridized carbons (Fsp3) is 0.409. The second-order valence-corrected chi connectivity index (χ2v) is 23.7. The first-order chi connectivity index (χ1) is 25.6. The zero-order valence-corrected chi connectivity index (χ0v) is 39.1. The second-order valence-electron chi connectivity index (χ2n) is 13.5. The Kier molecular flexibility index (Phi) is 20.4. The number of carbonyl (C=O) groups excluding carboxylic acids is 2. The zero-order chi connectivity index (χ0) is 37.8. The number of nitrogens with one attached hydrogen (secondary N) is 2. The normalized spacial score (nSPS) is 11.7. The SMILES string of the molecule is O=C(NCCCCCCCCc1ccccc1)c1ccc(C(I)(I)OC(I)(I)c2ccc(C(=O)NCCCCCCCCc3ccccc3)cc2)cc1. The molecule has 5 nitrogen and oxygen atoms in total. The highest BCUT2D eigenvalue weighted by Crippen LogP contribution is 2.52. The minimum Gasteiger partial charge on any atom is -0.352 e. The Bertz CT molecular complexity index is 1510. The molecule has 2 N–H and O–H groups in total. The number of ether oxygens (including phenoxy) is 1. The van der Waals surface area contributed by atoms with E-state index in [0.29, 0.717) is 24.2 Å². The summed E-state index contributed by atoms with van der Waals surface area (Å²) in [6.07, 6.45) is 16.5. The van der Waals surface area contributed by atoms with E-state index in [1.165, 1.54) is 62.5 Å². The molecular weight excluding hydrogens is 1110 g/mol. The molecule has 0 aliphatic rings. The molecule has 0 heterocycles. The summed E-state index contributed by atoms with van der Waals surface area (Å²) in [6, 6.07) is 36.7. The molecule has 4 aromatic carbocycles. The Labute approximate surface area is 371 Å². The quantitative estimate of drug-likeness (QED) is 0.0417. The Morgan fingerprint density at radius 2 is 0.755 bits per heavy atom. The van der Waals surface area contributed by atoms with Gasteiger partial charge in [0.15, 0.2) is 3.23 Å². The molecule has 0 aliphatic heterocycles. The van der Waals surface area contributed by atoms with Crippen LogP contribution >= 0.6 is 90.4 Å². The third-order valence-corrected chi connectivity index (χ3v) is 12.6. The van der Waals surface area contributed by atoms with E-state index < -0.39 is 3.23 Å². The predicted octanol–water partition coefficient (Wildman–Crippen LogP) is 13.0. The molecule has 0 fully saturated rings. The molecule has 0 aliphatic carbocycles. The topological polar surface area (TPSA) is 67.4 Å². The van der Waals surface area contributed by atoms with Crippen molar-refractivity contribution in [2.75, 3.05) is 13.1 Å². The molecule has 284 valence electrons. The minimum absolute atomic E-state index is 0.0424. The van der Waals surface area contributed by atoms with Gasteiger partial charge in [-0.05, 0) is 164 Å². The van der Waals surface area contributed by atoms with E-state index in [1.54, 1.807) is 0 Å². The summed E-state index contributed by atoms with van der Waals surface area (Å²) in [5, 5.41) is 6.16. The van der Waals surface area contributed by atoms with Crippen LogP contribution in [0.15, 0.2) is 109 Å². The number of halogens is 4. The molecule has 0 saturated carbocycles. The number of amides is 2. The second kappa shape index (κ2) is 24.4. The van der Waals surface area contributed by atoms with Crippen LogP contribution in [0.4, 0.5) is 0 Å². The summed E-state index contributed by atoms with van der Waals surface area (Å²) in [5.41, 5.74) is 6.06. The van der Waals surface area contributed by atoms with Crippen molar-refractivity contribution in [3.8, 4) is 0 Å². The van der Waals surface area contributed by atoms with Crippen molar-refractivity contribution in [1.29, 1.82) is 0 Å². The largest absolute Gasteiger partial charge is 0.352 e. The van der Waals surface area contributed by atoms with Gasteiger partial charge in [-0.3, -0.25) is 9.59 Å². The van der Waals surface area contributed by atoms with Crippen LogP contribution in [-0.2, 0) is 20.8 Å². The van der Waals surface area contributed by atoms with Crippen molar-refractivity contribution >= 4 is 102 Å². The Balaban J connectivity index is 1.10. The monoisotopic (exact) mass is 1160 g/mol. The molecule has 0 bridgehead atoms. The highest BCUT2D eigenvalue weighted by molar-refractivity contribution is 14.2. The molecule has 0 atom stereocenters. The number of hydrogen-bond acceptors (Lipinski definition) is 3. The summed E-state index contributed by atoms with van der Waals surface area (Å²) in [7, 11) is 0. The molecular formula is C44H52I4N2O3. The molecule has 4 rings (SSSR count). The maximum atomic E-state index is 12.8. The summed E-state index contributed by atoms with van der Waals surface area (Å²) < 4.78 is 5.29. The lowest BCUT2D eigenvalue weighted by molar-refractivity contribution is 0.0893. The molecule has 0 radical (unpaired) electrons. The molecule has 9 heteroatoms. The van der Waals surface area contributed by atoms with E-state index in [-0.39, 0.29) is 11.8 Å². The maximum Gasteiger partial charge on any atom is 0.251 e. The highest BCUT2D eigenvalue weighted by Gasteiger charge is 2.38. The van der Waals surface area contributed by atoms with Crippen molar-refractivity contribution in [1.82, 2.24) is 10.6 Å². The van der Waals surface area contributed by atoms with Crippen LogP contribution in [0.5, 0.6) is 0 Å². The van der Waals surface area contributed by atoms with Gasteiger partial charge in [-0.2, -0.15) is 0 Å². The van der Waals surface area contributed by atoms with Gasteiger partial charge in [0.2, 0.25) is 0 Å². The van der Waals surface area contributed by atoms with Crippen LogP contribution in [0.25, 0.3) is 0 Å². The van der Waals surface area contributed by atoms with Crippen molar-refractivity contribution in [2.45, 2.75) is 93.1 Å². The Morgan fingerprint density at radius 3 is 1.11 bits per heavy atom. The lowest BCUT2D eigenvalue weighted by Crippen LogP contribution is -2.26. The number of alkyl halides is 4. The van der Waals surface area contributed by atoms with Crippen LogP contribution in [0, 0.1) is 0 Å². The minimum atomic E-state index is -0.675. The average Bonchev–Trinajstić information content (AvgIpc) is 3.17. The number of benzene rings is 4. The first kappa shape index (κ1) is 44.4. The van der Waals surface area contributed by atoms with Crippen molar-refractivity contribution in [2.24, 2.45) is 0 Å². The van der Waals surface area contributed by atoms with Gasteiger partial charge in [0.1, 0.15) is 0 Å². The number of hydrogen-bond donors (Lipinski definition) is 2. The summed E-state index contributed by atoms with van der Waals surface area (Å²) >= 11 is 9.24. The van der Waals surface area contributed by atoms with Crippen molar-refractivity contribution in [3.63, 3.8) is 0 Å². The van der Waals surface area contributed by atoms with Gasteiger partial charge in [0, 0.05) is 35.3 Å². The molecule has 0 aromatic heterocycles. The summed E-state index contributed by atoms with van der Waals surface area (Å²) in [4.78, 5) is 25.6. The molecule has 2 amide bonds. The highest BCUT2D eigenvalue weighted by atomic mass is 127. The van der Waals surface area contributed by atoms with Gasteiger partial charge in [0.25, 0.3) is 11.8 Å². The lowest BCUT2D eigenvalue weighted by atomic mass is 10.0. The predicted molar refractivity (Wildman–Crippen MR) is 254 cm³/mol. The Hall–Kier alpha value is -1.30. The van der Waals surface area contributed by atoms with Crippen LogP contribution in [-0.4, -0.2) is 24.9 Å². The number of unbranched alkanes of at least 4 members (excludes halogenated alkanes) is 10. The third-order valence-electron chi connectivity index (χ3n) is 9.26. The van der Waals surface area contributed by atoms with E-state index >= 15 is 0 Å². The van der Waals surface area contributed by atoms with Crippen molar-refractivity contribution in [3.05, 3.63) is 143 Å². The van der Waals surface area contributed by atoms with E-state index in [1.807, 2.05) is 48.5 Å². The smallest absolute Gasteiger partial charge is 0.251 e. The molecule has 4 aromatic rings. The zero-order valence-electron chi connectivity index (χ0n) is 30.4. The molecule has 0 saturated heterocycles. The van der Waals surface area contributed by atoms with E-state index in [9.17, 15) is 9.59 Å². The van der Waals surface area contributed by atoms with Gasteiger partial charge in [0.05, 0.1) is 0 Å². The fourth-order valence-corrected chi connectivity index (χ4v) is 10.6. The van der Waals surface area contributed by atoms with Crippen LogP contribution in [0.2, 0.25) is 0 Å². The van der Waals surface area contributed by atoms with E-state index in [0.717, 1.165) is 49.7 Å². The van der Waals surface area contributed by atoms with Gasteiger partial charge in [-0.15, -0.1) is 0 Å².